The molecule has 0 unspecified atom stereocenters. The van der Waals surface area contributed by atoms with Crippen LogP contribution in [0.25, 0.3) is 0 Å². The Bertz CT molecular complexity index is 575. The Morgan fingerprint density at radius 1 is 1.00 bits per heavy atom. The summed E-state index contributed by atoms with van der Waals surface area (Å²) in [6, 6.07) is 2.91. The van der Waals surface area contributed by atoms with Crippen molar-refractivity contribution in [3.8, 4) is 0 Å². The van der Waals surface area contributed by atoms with Crippen LogP contribution in [0.1, 0.15) is 52.0 Å². The van der Waals surface area contributed by atoms with E-state index in [4.69, 9.17) is 9.47 Å². The average Bonchev–Trinajstić information content (AvgIpc) is 2.71. The van der Waals surface area contributed by atoms with E-state index in [0.29, 0.717) is 0 Å². The molecule has 1 aromatic rings. The number of imide groups is 1. The molecule has 1 N–H and O–H groups in total. The minimum atomic E-state index is -0.880. The van der Waals surface area contributed by atoms with Gasteiger partial charge in [-0.2, -0.15) is 0 Å². The van der Waals surface area contributed by atoms with Gasteiger partial charge in [0.05, 0.1) is 0 Å². The number of rotatable bonds is 1. The number of hydrogen-bond donors (Lipinski definition) is 1. The summed E-state index contributed by atoms with van der Waals surface area (Å²) < 4.78 is 11.2. The van der Waals surface area contributed by atoms with E-state index >= 15 is 0 Å². The highest BCUT2D eigenvalue weighted by Gasteiger charge is 2.24. The van der Waals surface area contributed by atoms with Crippen LogP contribution in [0, 0.1) is 0 Å². The van der Waals surface area contributed by atoms with Crippen LogP contribution in [0.4, 0.5) is 9.59 Å². The summed E-state index contributed by atoms with van der Waals surface area (Å²) >= 11 is 0. The number of alkyl carbamates (subject to hydrolysis) is 1. The third-order valence-electron chi connectivity index (χ3n) is 2.19. The van der Waals surface area contributed by atoms with E-state index in [0.717, 1.165) is 4.57 Å². The average molecular weight is 310 g/mol. The molecular formula is C15H22N2O5. The normalized spacial score (nSPS) is 11.7. The number of nitrogens with zero attached hydrogens (tertiary/aromatic N) is 1. The lowest BCUT2D eigenvalue weighted by molar-refractivity contribution is 0.0478. The topological polar surface area (TPSA) is 86.6 Å². The molecule has 7 nitrogen and oxygen atoms in total. The maximum Gasteiger partial charge on any atom is 0.419 e. The second-order valence-electron chi connectivity index (χ2n) is 6.70. The van der Waals surface area contributed by atoms with E-state index < -0.39 is 29.3 Å². The summed E-state index contributed by atoms with van der Waals surface area (Å²) in [5.74, 6) is -0.745. The van der Waals surface area contributed by atoms with Gasteiger partial charge in [-0.3, -0.25) is 10.1 Å². The third kappa shape index (κ3) is 5.59. The van der Waals surface area contributed by atoms with Gasteiger partial charge >= 0.3 is 12.2 Å². The molecule has 0 atom stereocenters. The number of aromatic nitrogens is 1. The minimum Gasteiger partial charge on any atom is -0.444 e. The molecule has 0 aliphatic carbocycles. The monoisotopic (exact) mass is 310 g/mol. The fraction of sp³-hybridized carbons (Fsp3) is 0.533. The molecule has 0 fully saturated rings. The molecular weight excluding hydrogens is 288 g/mol. The van der Waals surface area contributed by atoms with Gasteiger partial charge in [-0.1, -0.05) is 0 Å². The van der Waals surface area contributed by atoms with Crippen molar-refractivity contribution in [2.45, 2.75) is 52.7 Å². The zero-order valence-corrected chi connectivity index (χ0v) is 13.7. The summed E-state index contributed by atoms with van der Waals surface area (Å²) in [5, 5.41) is 2.07. The summed E-state index contributed by atoms with van der Waals surface area (Å²) in [5.41, 5.74) is -1.43. The van der Waals surface area contributed by atoms with Crippen LogP contribution in [0.3, 0.4) is 0 Å². The van der Waals surface area contributed by atoms with Gasteiger partial charge in [0, 0.05) is 6.20 Å². The van der Waals surface area contributed by atoms with Gasteiger partial charge in [-0.15, -0.1) is 0 Å². The third-order valence-corrected chi connectivity index (χ3v) is 2.19. The van der Waals surface area contributed by atoms with Crippen molar-refractivity contribution in [2.24, 2.45) is 0 Å². The van der Waals surface area contributed by atoms with E-state index in [2.05, 4.69) is 5.32 Å². The lowest BCUT2D eigenvalue weighted by Crippen LogP contribution is -2.38. The first-order valence-corrected chi connectivity index (χ1v) is 6.84. The highest BCUT2D eigenvalue weighted by atomic mass is 16.6. The molecule has 7 heteroatoms. The largest absolute Gasteiger partial charge is 0.444 e. The van der Waals surface area contributed by atoms with E-state index in [1.807, 2.05) is 0 Å². The second kappa shape index (κ2) is 6.21. The number of hydrogen-bond acceptors (Lipinski definition) is 5. The Morgan fingerprint density at radius 2 is 1.55 bits per heavy atom. The summed E-state index contributed by atoms with van der Waals surface area (Å²) in [4.78, 5) is 35.7. The van der Waals surface area contributed by atoms with Crippen molar-refractivity contribution in [1.29, 1.82) is 0 Å². The molecule has 0 aliphatic rings. The summed E-state index contributed by atoms with van der Waals surface area (Å²) in [6.45, 7) is 10.2. The molecule has 2 amide bonds. The van der Waals surface area contributed by atoms with Crippen molar-refractivity contribution in [3.63, 3.8) is 0 Å². The Hall–Kier alpha value is -2.31. The molecule has 0 saturated heterocycles. The fourth-order valence-corrected chi connectivity index (χ4v) is 1.50. The Morgan fingerprint density at radius 3 is 2.05 bits per heavy atom. The summed E-state index contributed by atoms with van der Waals surface area (Å²) in [7, 11) is 0. The molecule has 1 rings (SSSR count). The molecule has 0 saturated carbocycles. The first-order chi connectivity index (χ1) is 9.89. The standard InChI is InChI=1S/C15H22N2O5/c1-14(2,3)21-12(19)16-11(18)10-8-7-9-17(10)13(20)22-15(4,5)6/h7-9H,1-6H3,(H,16,18,19). The van der Waals surface area contributed by atoms with Crippen LogP contribution in [0.5, 0.6) is 0 Å². The quantitative estimate of drug-likeness (QED) is 0.861. The van der Waals surface area contributed by atoms with Crippen LogP contribution in [0.15, 0.2) is 18.3 Å². The van der Waals surface area contributed by atoms with Gasteiger partial charge in [0.2, 0.25) is 0 Å². The molecule has 0 radical (unpaired) electrons. The highest BCUT2D eigenvalue weighted by molar-refractivity contribution is 6.03. The van der Waals surface area contributed by atoms with E-state index in [1.54, 1.807) is 41.5 Å². The van der Waals surface area contributed by atoms with Gasteiger partial charge in [0.1, 0.15) is 16.9 Å². The number of carbonyl (C=O) groups is 3. The highest BCUT2D eigenvalue weighted by Crippen LogP contribution is 2.12. The van der Waals surface area contributed by atoms with Crippen molar-refractivity contribution >= 4 is 18.1 Å². The number of carbonyl (C=O) groups excluding carboxylic acids is 3. The smallest absolute Gasteiger partial charge is 0.419 e. The molecule has 0 aliphatic heterocycles. The molecule has 0 aromatic carbocycles. The van der Waals surface area contributed by atoms with Crippen LogP contribution < -0.4 is 5.32 Å². The molecule has 122 valence electrons. The maximum atomic E-state index is 12.1. The van der Waals surface area contributed by atoms with Gasteiger partial charge in [0.25, 0.3) is 5.91 Å². The fourth-order valence-electron chi connectivity index (χ4n) is 1.50. The number of ether oxygens (including phenoxy) is 2. The van der Waals surface area contributed by atoms with Gasteiger partial charge in [-0.25, -0.2) is 14.2 Å². The van der Waals surface area contributed by atoms with E-state index in [1.165, 1.54) is 18.3 Å². The van der Waals surface area contributed by atoms with Crippen molar-refractivity contribution in [2.75, 3.05) is 0 Å². The van der Waals surface area contributed by atoms with Crippen molar-refractivity contribution < 1.29 is 23.9 Å². The summed E-state index contributed by atoms with van der Waals surface area (Å²) in [6.07, 6.45) is -0.195. The number of nitrogens with one attached hydrogen (secondary N) is 1. The van der Waals surface area contributed by atoms with Gasteiger partial charge in [-0.05, 0) is 53.7 Å². The predicted molar refractivity (Wildman–Crippen MR) is 79.8 cm³/mol. The van der Waals surface area contributed by atoms with Crippen LogP contribution in [-0.2, 0) is 9.47 Å². The first-order valence-electron chi connectivity index (χ1n) is 6.84. The lowest BCUT2D eigenvalue weighted by atomic mass is 10.2. The Kier molecular flexibility index (Phi) is 5.01. The van der Waals surface area contributed by atoms with E-state index in [-0.39, 0.29) is 5.69 Å². The Balaban J connectivity index is 2.82. The van der Waals surface area contributed by atoms with Crippen LogP contribution >= 0.6 is 0 Å². The van der Waals surface area contributed by atoms with E-state index in [9.17, 15) is 14.4 Å². The molecule has 0 spiro atoms. The predicted octanol–water partition coefficient (Wildman–Crippen LogP) is 2.94. The van der Waals surface area contributed by atoms with Gasteiger partial charge < -0.3 is 9.47 Å². The zero-order valence-electron chi connectivity index (χ0n) is 13.7. The Labute approximate surface area is 129 Å². The minimum absolute atomic E-state index is 0.0138. The van der Waals surface area contributed by atoms with Gasteiger partial charge in [0.15, 0.2) is 0 Å². The molecule has 1 aromatic heterocycles. The zero-order chi connectivity index (χ0) is 17.1. The molecule has 1 heterocycles. The lowest BCUT2D eigenvalue weighted by Gasteiger charge is -2.21. The van der Waals surface area contributed by atoms with Crippen LogP contribution in [0.2, 0.25) is 0 Å². The van der Waals surface area contributed by atoms with Crippen molar-refractivity contribution in [1.82, 2.24) is 9.88 Å². The number of amides is 2. The molecule has 22 heavy (non-hydrogen) atoms. The molecule has 0 bridgehead atoms. The maximum absolute atomic E-state index is 12.1. The second-order valence-corrected chi connectivity index (χ2v) is 6.70. The van der Waals surface area contributed by atoms with Crippen molar-refractivity contribution in [3.05, 3.63) is 24.0 Å². The SMILES string of the molecule is CC(C)(C)OC(=O)NC(=O)c1cccn1C(=O)OC(C)(C)C. The van der Waals surface area contributed by atoms with Crippen LogP contribution in [-0.4, -0.2) is 33.9 Å². The first kappa shape index (κ1) is 17.7.